The van der Waals surface area contributed by atoms with Crippen molar-refractivity contribution >= 4 is 56.1 Å². The Morgan fingerprint density at radius 3 is 2.47 bits per heavy atom. The number of thioether (sulfide) groups is 1. The van der Waals surface area contributed by atoms with Gasteiger partial charge in [-0.2, -0.15) is 16.1 Å². The number of benzene rings is 2. The van der Waals surface area contributed by atoms with Crippen molar-refractivity contribution in [2.75, 3.05) is 41.4 Å². The van der Waals surface area contributed by atoms with Gasteiger partial charge in [-0.1, -0.05) is 18.2 Å². The molecule has 3 aromatic rings. The van der Waals surface area contributed by atoms with Gasteiger partial charge in [-0.05, 0) is 53.8 Å². The Morgan fingerprint density at radius 1 is 0.938 bits per heavy atom. The zero-order chi connectivity index (χ0) is 22.1. The van der Waals surface area contributed by atoms with Crippen molar-refractivity contribution in [2.45, 2.75) is 11.3 Å². The Kier molecular flexibility index (Phi) is 5.98. The van der Waals surface area contributed by atoms with Crippen LogP contribution >= 0.6 is 23.1 Å². The SMILES string of the molecule is O=C(Nc1ccc(N2CCc3ccccc32)cc1)c1sccc1S(=O)(=O)N1CCSCC1. The van der Waals surface area contributed by atoms with Crippen LogP contribution in [0.4, 0.5) is 17.1 Å². The molecule has 2 aliphatic rings. The number of carbonyl (C=O) groups excluding carboxylic acids is 1. The van der Waals surface area contributed by atoms with E-state index in [0.717, 1.165) is 41.5 Å². The highest BCUT2D eigenvalue weighted by Gasteiger charge is 2.31. The molecule has 2 aromatic carbocycles. The quantitative estimate of drug-likeness (QED) is 0.579. The molecule has 0 unspecified atom stereocenters. The first-order valence-electron chi connectivity index (χ1n) is 10.5. The minimum atomic E-state index is -3.67. The fourth-order valence-electron chi connectivity index (χ4n) is 4.11. The van der Waals surface area contributed by atoms with Gasteiger partial charge in [0.2, 0.25) is 10.0 Å². The molecule has 0 atom stereocenters. The number of thiophene rings is 1. The topological polar surface area (TPSA) is 69.7 Å². The number of sulfonamides is 1. The first-order chi connectivity index (χ1) is 15.5. The molecule has 1 N–H and O–H groups in total. The van der Waals surface area contributed by atoms with Crippen molar-refractivity contribution in [2.24, 2.45) is 0 Å². The standard InChI is InChI=1S/C23H23N3O3S3/c27-23(22-21(10-14-31-22)32(28,29)25-12-15-30-16-13-25)24-18-5-7-19(8-6-18)26-11-9-17-3-1-2-4-20(17)26/h1-8,10,14H,9,11-13,15-16H2,(H,24,27). The summed E-state index contributed by atoms with van der Waals surface area (Å²) in [6, 6.07) is 17.6. The second-order valence-electron chi connectivity index (χ2n) is 7.66. The molecule has 2 aliphatic heterocycles. The fraction of sp³-hybridized carbons (Fsp3) is 0.261. The van der Waals surface area contributed by atoms with Gasteiger partial charge in [0.25, 0.3) is 5.91 Å². The molecule has 0 saturated carbocycles. The van der Waals surface area contributed by atoms with E-state index in [-0.39, 0.29) is 9.77 Å². The van der Waals surface area contributed by atoms with E-state index in [1.165, 1.54) is 21.6 Å². The van der Waals surface area contributed by atoms with Gasteiger partial charge in [0.1, 0.15) is 9.77 Å². The number of hydrogen-bond acceptors (Lipinski definition) is 6. The van der Waals surface area contributed by atoms with Crippen LogP contribution in [0.25, 0.3) is 0 Å². The van der Waals surface area contributed by atoms with E-state index in [0.29, 0.717) is 18.8 Å². The fourth-order valence-corrected chi connectivity index (χ4v) is 7.98. The Balaban J connectivity index is 1.32. The molecule has 1 saturated heterocycles. The molecule has 9 heteroatoms. The van der Waals surface area contributed by atoms with Crippen molar-refractivity contribution in [3.05, 3.63) is 70.4 Å². The number of hydrogen-bond donors (Lipinski definition) is 1. The van der Waals surface area contributed by atoms with E-state index in [4.69, 9.17) is 0 Å². The highest BCUT2D eigenvalue weighted by atomic mass is 32.2. The van der Waals surface area contributed by atoms with E-state index >= 15 is 0 Å². The van der Waals surface area contributed by atoms with E-state index in [9.17, 15) is 13.2 Å². The van der Waals surface area contributed by atoms with Gasteiger partial charge >= 0.3 is 0 Å². The average molecular weight is 486 g/mol. The maximum absolute atomic E-state index is 13.1. The third-order valence-electron chi connectivity index (χ3n) is 5.75. The number of fused-ring (bicyclic) bond motifs is 1. The number of amides is 1. The molecule has 6 nitrogen and oxygen atoms in total. The van der Waals surface area contributed by atoms with Crippen LogP contribution in [0.15, 0.2) is 64.9 Å². The number of carbonyl (C=O) groups is 1. The minimum Gasteiger partial charge on any atom is -0.341 e. The summed E-state index contributed by atoms with van der Waals surface area (Å²) < 4.78 is 27.6. The molecule has 32 heavy (non-hydrogen) atoms. The Labute approximate surface area is 196 Å². The van der Waals surface area contributed by atoms with Gasteiger partial charge in [-0.3, -0.25) is 4.79 Å². The first-order valence-corrected chi connectivity index (χ1v) is 13.9. The van der Waals surface area contributed by atoms with Crippen molar-refractivity contribution in [3.63, 3.8) is 0 Å². The molecular weight excluding hydrogens is 462 g/mol. The summed E-state index contributed by atoms with van der Waals surface area (Å²) in [5.74, 6) is 1.15. The van der Waals surface area contributed by atoms with Gasteiger partial charge < -0.3 is 10.2 Å². The first kappa shape index (κ1) is 21.5. The lowest BCUT2D eigenvalue weighted by Gasteiger charge is -2.25. The maximum atomic E-state index is 13.1. The van der Waals surface area contributed by atoms with Crippen LogP contribution in [0.2, 0.25) is 0 Å². The van der Waals surface area contributed by atoms with Crippen LogP contribution in [0.3, 0.4) is 0 Å². The van der Waals surface area contributed by atoms with Crippen molar-refractivity contribution in [1.29, 1.82) is 0 Å². The smallest absolute Gasteiger partial charge is 0.267 e. The number of para-hydroxylation sites is 1. The molecule has 0 radical (unpaired) electrons. The van der Waals surface area contributed by atoms with Crippen LogP contribution in [0.5, 0.6) is 0 Å². The van der Waals surface area contributed by atoms with E-state index < -0.39 is 15.9 Å². The van der Waals surface area contributed by atoms with Gasteiger partial charge in [0.05, 0.1) is 0 Å². The van der Waals surface area contributed by atoms with Gasteiger partial charge in [-0.25, -0.2) is 8.42 Å². The molecule has 5 rings (SSSR count). The van der Waals surface area contributed by atoms with Crippen LogP contribution in [0.1, 0.15) is 15.2 Å². The van der Waals surface area contributed by atoms with Crippen LogP contribution in [-0.2, 0) is 16.4 Å². The molecule has 1 amide bonds. The molecule has 0 bridgehead atoms. The number of nitrogens with zero attached hydrogens (tertiary/aromatic N) is 2. The van der Waals surface area contributed by atoms with Gasteiger partial charge in [0.15, 0.2) is 0 Å². The van der Waals surface area contributed by atoms with Crippen molar-refractivity contribution in [1.82, 2.24) is 4.31 Å². The van der Waals surface area contributed by atoms with E-state index in [1.807, 2.05) is 30.3 Å². The molecule has 0 aliphatic carbocycles. The summed E-state index contributed by atoms with van der Waals surface area (Å²) in [4.78, 5) is 15.5. The summed E-state index contributed by atoms with van der Waals surface area (Å²) in [5.41, 5.74) is 4.25. The summed E-state index contributed by atoms with van der Waals surface area (Å²) in [6.45, 7) is 1.88. The third kappa shape index (κ3) is 4.05. The van der Waals surface area contributed by atoms with Crippen LogP contribution < -0.4 is 10.2 Å². The average Bonchev–Trinajstić information content (AvgIpc) is 3.48. The predicted octanol–water partition coefficient (Wildman–Crippen LogP) is 4.43. The minimum absolute atomic E-state index is 0.0946. The Hall–Kier alpha value is -2.33. The molecule has 3 heterocycles. The van der Waals surface area contributed by atoms with E-state index in [1.54, 1.807) is 17.1 Å². The Bertz CT molecular complexity index is 1230. The summed E-state index contributed by atoms with van der Waals surface area (Å²) in [6.07, 6.45) is 1.01. The lowest BCUT2D eigenvalue weighted by Crippen LogP contribution is -2.38. The zero-order valence-electron chi connectivity index (χ0n) is 17.4. The highest BCUT2D eigenvalue weighted by Crippen LogP contribution is 2.35. The highest BCUT2D eigenvalue weighted by molar-refractivity contribution is 7.99. The molecule has 166 valence electrons. The van der Waals surface area contributed by atoms with Crippen molar-refractivity contribution in [3.8, 4) is 0 Å². The summed E-state index contributed by atoms with van der Waals surface area (Å²) in [5, 5.41) is 4.52. The third-order valence-corrected chi connectivity index (χ3v) is 9.67. The second-order valence-corrected chi connectivity index (χ2v) is 11.7. The number of rotatable bonds is 5. The van der Waals surface area contributed by atoms with Crippen molar-refractivity contribution < 1.29 is 13.2 Å². The number of anilines is 3. The lowest BCUT2D eigenvalue weighted by molar-refractivity contribution is 0.102. The Morgan fingerprint density at radius 2 is 1.69 bits per heavy atom. The molecule has 0 spiro atoms. The van der Waals surface area contributed by atoms with Gasteiger partial charge in [0, 0.05) is 48.2 Å². The monoisotopic (exact) mass is 485 g/mol. The molecule has 1 aromatic heterocycles. The summed E-state index contributed by atoms with van der Waals surface area (Å²) >= 11 is 2.90. The van der Waals surface area contributed by atoms with Crippen LogP contribution in [-0.4, -0.2) is 49.8 Å². The largest absolute Gasteiger partial charge is 0.341 e. The second kappa shape index (κ2) is 8.90. The predicted molar refractivity (Wildman–Crippen MR) is 132 cm³/mol. The molecular formula is C23H23N3O3S3. The van der Waals surface area contributed by atoms with Crippen LogP contribution in [0, 0.1) is 0 Å². The number of nitrogens with one attached hydrogen (secondary N) is 1. The summed E-state index contributed by atoms with van der Waals surface area (Å²) in [7, 11) is -3.67. The van der Waals surface area contributed by atoms with Gasteiger partial charge in [-0.15, -0.1) is 11.3 Å². The zero-order valence-corrected chi connectivity index (χ0v) is 19.8. The maximum Gasteiger partial charge on any atom is 0.267 e. The lowest BCUT2D eigenvalue weighted by atomic mass is 10.2. The molecule has 1 fully saturated rings. The normalized spacial score (nSPS) is 16.7. The van der Waals surface area contributed by atoms with E-state index in [2.05, 4.69) is 28.4 Å².